The van der Waals surface area contributed by atoms with Gasteiger partial charge in [0.15, 0.2) is 5.82 Å². The maximum absolute atomic E-state index is 10.9. The van der Waals surface area contributed by atoms with Crippen LogP contribution in [0.4, 0.5) is 0 Å². The number of hydrogen-bond donors (Lipinski definition) is 1. The van der Waals surface area contributed by atoms with E-state index in [9.17, 15) is 4.79 Å². The van der Waals surface area contributed by atoms with E-state index in [1.807, 2.05) is 13.8 Å². The maximum atomic E-state index is 10.9. The van der Waals surface area contributed by atoms with Crippen LogP contribution in [0.15, 0.2) is 4.52 Å². The van der Waals surface area contributed by atoms with Gasteiger partial charge in [-0.1, -0.05) is 19.0 Å². The Labute approximate surface area is 76.5 Å². The zero-order valence-electron chi connectivity index (χ0n) is 8.00. The Kier molecular flexibility index (Phi) is 3.00. The Hall–Kier alpha value is -1.39. The molecule has 0 aromatic carbocycles. The zero-order chi connectivity index (χ0) is 9.84. The minimum Gasteiger partial charge on any atom is -0.359 e. The Morgan fingerprint density at radius 1 is 1.62 bits per heavy atom. The van der Waals surface area contributed by atoms with Crippen molar-refractivity contribution in [2.75, 3.05) is 7.05 Å². The summed E-state index contributed by atoms with van der Waals surface area (Å²) < 4.78 is 4.93. The van der Waals surface area contributed by atoms with Crippen LogP contribution in [0.25, 0.3) is 0 Å². The van der Waals surface area contributed by atoms with Crippen molar-refractivity contribution in [3.63, 3.8) is 0 Å². The maximum Gasteiger partial charge on any atom is 0.229 e. The molecule has 0 saturated carbocycles. The van der Waals surface area contributed by atoms with Gasteiger partial charge in [-0.25, -0.2) is 0 Å². The first-order valence-corrected chi connectivity index (χ1v) is 4.16. The van der Waals surface area contributed by atoms with Crippen LogP contribution in [0.2, 0.25) is 0 Å². The molecular formula is C8H13N3O2. The lowest BCUT2D eigenvalue weighted by molar-refractivity contribution is -0.120. The predicted octanol–water partition coefficient (Wildman–Crippen LogP) is 0.481. The van der Waals surface area contributed by atoms with Crippen molar-refractivity contribution in [3.05, 3.63) is 11.7 Å². The zero-order valence-corrected chi connectivity index (χ0v) is 8.00. The lowest BCUT2D eigenvalue weighted by atomic mass is 10.2. The average molecular weight is 183 g/mol. The summed E-state index contributed by atoms with van der Waals surface area (Å²) in [7, 11) is 1.58. The monoisotopic (exact) mass is 183 g/mol. The van der Waals surface area contributed by atoms with Crippen molar-refractivity contribution in [3.8, 4) is 0 Å². The minimum atomic E-state index is -0.115. The third kappa shape index (κ3) is 2.54. The number of nitrogens with zero attached hydrogens (tertiary/aromatic N) is 2. The van der Waals surface area contributed by atoms with Gasteiger partial charge in [0.2, 0.25) is 11.8 Å². The largest absolute Gasteiger partial charge is 0.359 e. The third-order valence-electron chi connectivity index (χ3n) is 1.58. The molecule has 0 aliphatic rings. The van der Waals surface area contributed by atoms with E-state index in [1.165, 1.54) is 0 Å². The quantitative estimate of drug-likeness (QED) is 0.740. The molecule has 0 spiro atoms. The number of nitrogens with one attached hydrogen (secondary N) is 1. The summed E-state index contributed by atoms with van der Waals surface area (Å²) in [4.78, 5) is 15.0. The second-order valence-electron chi connectivity index (χ2n) is 3.05. The van der Waals surface area contributed by atoms with E-state index >= 15 is 0 Å². The molecule has 13 heavy (non-hydrogen) atoms. The molecule has 0 unspecified atom stereocenters. The van der Waals surface area contributed by atoms with Gasteiger partial charge in [-0.3, -0.25) is 4.79 Å². The van der Waals surface area contributed by atoms with Crippen molar-refractivity contribution in [2.24, 2.45) is 0 Å². The Bertz CT molecular complexity index is 293. The van der Waals surface area contributed by atoms with E-state index in [2.05, 4.69) is 15.5 Å². The summed E-state index contributed by atoms with van der Waals surface area (Å²) in [6.45, 7) is 3.91. The van der Waals surface area contributed by atoms with Crippen LogP contribution < -0.4 is 5.32 Å². The predicted molar refractivity (Wildman–Crippen MR) is 46.2 cm³/mol. The molecule has 1 aromatic rings. The van der Waals surface area contributed by atoms with Crippen LogP contribution in [0, 0.1) is 0 Å². The van der Waals surface area contributed by atoms with Gasteiger partial charge in [-0.15, -0.1) is 0 Å². The summed E-state index contributed by atoms with van der Waals surface area (Å²) in [5, 5.41) is 6.17. The Morgan fingerprint density at radius 2 is 2.31 bits per heavy atom. The van der Waals surface area contributed by atoms with Crippen LogP contribution >= 0.6 is 0 Å². The van der Waals surface area contributed by atoms with Gasteiger partial charge in [0, 0.05) is 13.0 Å². The highest BCUT2D eigenvalue weighted by molar-refractivity contribution is 5.77. The summed E-state index contributed by atoms with van der Waals surface area (Å²) in [6.07, 6.45) is 0.173. The molecule has 0 fully saturated rings. The lowest BCUT2D eigenvalue weighted by Crippen LogP contribution is -2.20. The number of carbonyl (C=O) groups is 1. The minimum absolute atomic E-state index is 0.115. The van der Waals surface area contributed by atoms with Crippen LogP contribution in [0.1, 0.15) is 31.5 Å². The smallest absolute Gasteiger partial charge is 0.229 e. The van der Waals surface area contributed by atoms with Gasteiger partial charge in [0.05, 0.1) is 6.42 Å². The molecular weight excluding hydrogens is 170 g/mol. The highest BCUT2D eigenvalue weighted by Gasteiger charge is 2.11. The molecule has 1 aromatic heterocycles. The van der Waals surface area contributed by atoms with Gasteiger partial charge in [-0.05, 0) is 0 Å². The Balaban J connectivity index is 2.64. The SMILES string of the molecule is CNC(=O)Cc1noc(C(C)C)n1. The van der Waals surface area contributed by atoms with E-state index in [0.717, 1.165) is 0 Å². The molecule has 5 nitrogen and oxygen atoms in total. The molecule has 0 saturated heterocycles. The second-order valence-corrected chi connectivity index (χ2v) is 3.05. The van der Waals surface area contributed by atoms with Crippen LogP contribution in [0.5, 0.6) is 0 Å². The highest BCUT2D eigenvalue weighted by Crippen LogP contribution is 2.10. The summed E-state index contributed by atoms with van der Waals surface area (Å²) >= 11 is 0. The van der Waals surface area contributed by atoms with Gasteiger partial charge >= 0.3 is 0 Å². The number of likely N-dealkylation sites (N-methyl/N-ethyl adjacent to an activating group) is 1. The van der Waals surface area contributed by atoms with Crippen LogP contribution in [-0.4, -0.2) is 23.1 Å². The molecule has 72 valence electrons. The molecule has 0 aliphatic carbocycles. The van der Waals surface area contributed by atoms with Crippen LogP contribution in [0.3, 0.4) is 0 Å². The summed E-state index contributed by atoms with van der Waals surface area (Å²) in [5.41, 5.74) is 0. The molecule has 0 aliphatic heterocycles. The molecule has 0 bridgehead atoms. The van der Waals surface area contributed by atoms with Crippen molar-refractivity contribution < 1.29 is 9.32 Å². The first-order chi connectivity index (χ1) is 6.13. The number of hydrogen-bond acceptors (Lipinski definition) is 4. The topological polar surface area (TPSA) is 68.0 Å². The third-order valence-corrected chi connectivity index (χ3v) is 1.58. The van der Waals surface area contributed by atoms with E-state index in [4.69, 9.17) is 4.52 Å². The second kappa shape index (κ2) is 4.02. The fourth-order valence-corrected chi connectivity index (χ4v) is 0.806. The van der Waals surface area contributed by atoms with Crippen molar-refractivity contribution in [2.45, 2.75) is 26.2 Å². The first kappa shape index (κ1) is 9.70. The van der Waals surface area contributed by atoms with E-state index in [1.54, 1.807) is 7.05 Å². The molecule has 5 heteroatoms. The number of carbonyl (C=O) groups excluding carboxylic acids is 1. The lowest BCUT2D eigenvalue weighted by Gasteiger charge is -1.93. The first-order valence-electron chi connectivity index (χ1n) is 4.16. The van der Waals surface area contributed by atoms with Crippen molar-refractivity contribution in [1.82, 2.24) is 15.5 Å². The Morgan fingerprint density at radius 3 is 2.77 bits per heavy atom. The van der Waals surface area contributed by atoms with Gasteiger partial charge < -0.3 is 9.84 Å². The van der Waals surface area contributed by atoms with Gasteiger partial charge in [0.1, 0.15) is 0 Å². The molecule has 1 N–H and O–H groups in total. The molecule has 1 heterocycles. The summed E-state index contributed by atoms with van der Waals surface area (Å²) in [6, 6.07) is 0. The van der Waals surface area contributed by atoms with Crippen LogP contribution in [-0.2, 0) is 11.2 Å². The van der Waals surface area contributed by atoms with E-state index in [0.29, 0.717) is 11.7 Å². The van der Waals surface area contributed by atoms with E-state index in [-0.39, 0.29) is 18.2 Å². The normalized spacial score (nSPS) is 10.5. The molecule has 1 amide bonds. The number of amides is 1. The number of rotatable bonds is 3. The molecule has 1 rings (SSSR count). The number of aromatic nitrogens is 2. The summed E-state index contributed by atoms with van der Waals surface area (Å²) in [5.74, 6) is 1.09. The fourth-order valence-electron chi connectivity index (χ4n) is 0.806. The highest BCUT2D eigenvalue weighted by atomic mass is 16.5. The van der Waals surface area contributed by atoms with Gasteiger partial charge in [-0.2, -0.15) is 4.98 Å². The molecule has 0 atom stereocenters. The van der Waals surface area contributed by atoms with E-state index < -0.39 is 0 Å². The fraction of sp³-hybridized carbons (Fsp3) is 0.625. The van der Waals surface area contributed by atoms with Crippen molar-refractivity contribution >= 4 is 5.91 Å². The standard InChI is InChI=1S/C8H13N3O2/c1-5(2)8-10-6(11-13-8)4-7(12)9-3/h5H,4H2,1-3H3,(H,9,12). The average Bonchev–Trinajstić information content (AvgIpc) is 2.52. The van der Waals surface area contributed by atoms with Gasteiger partial charge in [0.25, 0.3) is 0 Å². The van der Waals surface area contributed by atoms with Crippen molar-refractivity contribution in [1.29, 1.82) is 0 Å². The molecule has 0 radical (unpaired) electrons.